The highest BCUT2D eigenvalue weighted by Gasteiger charge is 2.29. The number of hydrogen-bond donors (Lipinski definition) is 0. The molecule has 3 heterocycles. The number of nitrogens with zero attached hydrogens (tertiary/aromatic N) is 4. The van der Waals surface area contributed by atoms with Gasteiger partial charge in [0.25, 0.3) is 0 Å². The second-order valence-corrected chi connectivity index (χ2v) is 6.85. The number of carbonyl (C=O) groups excluding carboxylic acids is 1. The molecule has 6 heteroatoms. The lowest BCUT2D eigenvalue weighted by molar-refractivity contribution is -0.117. The van der Waals surface area contributed by atoms with Crippen LogP contribution in [0.25, 0.3) is 5.65 Å². The molecule has 1 aromatic carbocycles. The summed E-state index contributed by atoms with van der Waals surface area (Å²) in [5.74, 6) is 0.118. The molecule has 5 nitrogen and oxygen atoms in total. The fraction of sp³-hybridized carbons (Fsp3) is 0.235. The average Bonchev–Trinajstić information content (AvgIpc) is 3.19. The van der Waals surface area contributed by atoms with Crippen molar-refractivity contribution >= 4 is 29.0 Å². The van der Waals surface area contributed by atoms with Crippen LogP contribution in [0.3, 0.4) is 0 Å². The number of anilines is 1. The Labute approximate surface area is 138 Å². The first-order valence-corrected chi connectivity index (χ1v) is 8.48. The van der Waals surface area contributed by atoms with Gasteiger partial charge >= 0.3 is 0 Å². The zero-order valence-electron chi connectivity index (χ0n) is 12.7. The maximum absolute atomic E-state index is 12.8. The van der Waals surface area contributed by atoms with Crippen molar-refractivity contribution in [3.8, 4) is 0 Å². The summed E-state index contributed by atoms with van der Waals surface area (Å²) in [6.07, 6.45) is 2.84. The van der Waals surface area contributed by atoms with Crippen LogP contribution in [0.5, 0.6) is 0 Å². The summed E-state index contributed by atoms with van der Waals surface area (Å²) in [5, 5.41) is 8.86. The SMILES string of the molecule is CC(Sc1nnc2ccccn12)C(=O)N1CCc2ccccc21. The zero-order chi connectivity index (χ0) is 15.8. The van der Waals surface area contributed by atoms with Gasteiger partial charge in [0, 0.05) is 18.4 Å². The van der Waals surface area contributed by atoms with Gasteiger partial charge < -0.3 is 4.90 Å². The molecule has 0 fully saturated rings. The molecule has 0 N–H and O–H groups in total. The summed E-state index contributed by atoms with van der Waals surface area (Å²) in [7, 11) is 0. The Morgan fingerprint density at radius 2 is 2.00 bits per heavy atom. The van der Waals surface area contributed by atoms with Gasteiger partial charge in [-0.25, -0.2) is 0 Å². The number of fused-ring (bicyclic) bond motifs is 2. The van der Waals surface area contributed by atoms with Gasteiger partial charge in [-0.15, -0.1) is 10.2 Å². The lowest BCUT2D eigenvalue weighted by Crippen LogP contribution is -2.35. The van der Waals surface area contributed by atoms with E-state index in [1.54, 1.807) is 0 Å². The van der Waals surface area contributed by atoms with E-state index in [0.29, 0.717) is 0 Å². The van der Waals surface area contributed by atoms with E-state index in [2.05, 4.69) is 16.3 Å². The molecule has 1 aliphatic rings. The Hall–Kier alpha value is -2.34. The summed E-state index contributed by atoms with van der Waals surface area (Å²) < 4.78 is 1.91. The fourth-order valence-corrected chi connectivity index (χ4v) is 3.80. The van der Waals surface area contributed by atoms with Crippen molar-refractivity contribution in [2.24, 2.45) is 0 Å². The van der Waals surface area contributed by atoms with Gasteiger partial charge in [-0.2, -0.15) is 0 Å². The van der Waals surface area contributed by atoms with Gasteiger partial charge in [0.05, 0.1) is 5.25 Å². The molecule has 1 aliphatic heterocycles. The fourth-order valence-electron chi connectivity index (χ4n) is 2.89. The highest BCUT2D eigenvalue weighted by Crippen LogP contribution is 2.31. The molecule has 2 aromatic heterocycles. The molecule has 0 saturated carbocycles. The molecule has 116 valence electrons. The maximum atomic E-state index is 12.8. The predicted molar refractivity (Wildman–Crippen MR) is 90.8 cm³/mol. The minimum Gasteiger partial charge on any atom is -0.311 e. The normalized spacial score (nSPS) is 14.9. The third-order valence-electron chi connectivity index (χ3n) is 4.07. The van der Waals surface area contributed by atoms with Crippen LogP contribution < -0.4 is 4.90 Å². The van der Waals surface area contributed by atoms with E-state index in [-0.39, 0.29) is 11.2 Å². The number of amides is 1. The molecule has 1 unspecified atom stereocenters. The van der Waals surface area contributed by atoms with Gasteiger partial charge in [-0.1, -0.05) is 36.0 Å². The molecule has 1 amide bonds. The number of carbonyl (C=O) groups is 1. The molecule has 4 rings (SSSR count). The number of rotatable bonds is 3. The van der Waals surface area contributed by atoms with Crippen molar-refractivity contribution in [2.75, 3.05) is 11.4 Å². The first kappa shape index (κ1) is 14.3. The van der Waals surface area contributed by atoms with Crippen molar-refractivity contribution in [3.63, 3.8) is 0 Å². The second-order valence-electron chi connectivity index (χ2n) is 5.54. The number of para-hydroxylation sites is 1. The Morgan fingerprint density at radius 1 is 1.17 bits per heavy atom. The van der Waals surface area contributed by atoms with Crippen molar-refractivity contribution in [1.82, 2.24) is 14.6 Å². The summed E-state index contributed by atoms with van der Waals surface area (Å²) in [5.41, 5.74) is 3.07. The Balaban J connectivity index is 1.56. The van der Waals surface area contributed by atoms with E-state index in [0.717, 1.165) is 29.5 Å². The standard InChI is InChI=1S/C17H16N4OS/c1-12(23-17-19-18-15-8-4-5-10-21(15)17)16(22)20-11-9-13-6-2-3-7-14(13)20/h2-8,10,12H,9,11H2,1H3. The van der Waals surface area contributed by atoms with Gasteiger partial charge in [0.2, 0.25) is 5.91 Å². The van der Waals surface area contributed by atoms with E-state index in [9.17, 15) is 4.79 Å². The molecule has 0 aliphatic carbocycles. The second kappa shape index (κ2) is 5.70. The lowest BCUT2D eigenvalue weighted by Gasteiger charge is -2.20. The van der Waals surface area contributed by atoms with Crippen LogP contribution in [0, 0.1) is 0 Å². The number of pyridine rings is 1. The summed E-state index contributed by atoms with van der Waals surface area (Å²) >= 11 is 1.45. The largest absolute Gasteiger partial charge is 0.311 e. The quantitative estimate of drug-likeness (QED) is 0.695. The van der Waals surface area contributed by atoms with Crippen LogP contribution in [0.4, 0.5) is 5.69 Å². The average molecular weight is 324 g/mol. The molecule has 0 saturated heterocycles. The lowest BCUT2D eigenvalue weighted by atomic mass is 10.2. The molecule has 1 atom stereocenters. The van der Waals surface area contributed by atoms with E-state index < -0.39 is 0 Å². The Morgan fingerprint density at radius 3 is 2.91 bits per heavy atom. The molecular formula is C17H16N4OS. The first-order chi connectivity index (χ1) is 11.2. The monoisotopic (exact) mass is 324 g/mol. The van der Waals surface area contributed by atoms with Crippen LogP contribution in [0.2, 0.25) is 0 Å². The topological polar surface area (TPSA) is 50.5 Å². The highest BCUT2D eigenvalue weighted by molar-refractivity contribution is 8.00. The van der Waals surface area contributed by atoms with Crippen LogP contribution in [-0.4, -0.2) is 32.3 Å². The van der Waals surface area contributed by atoms with E-state index in [1.807, 2.05) is 58.8 Å². The van der Waals surface area contributed by atoms with E-state index in [1.165, 1.54) is 17.3 Å². The van der Waals surface area contributed by atoms with Crippen molar-refractivity contribution in [1.29, 1.82) is 0 Å². The van der Waals surface area contributed by atoms with Crippen molar-refractivity contribution in [2.45, 2.75) is 23.8 Å². The molecule has 0 radical (unpaired) electrons. The minimum absolute atomic E-state index is 0.118. The van der Waals surface area contributed by atoms with Crippen LogP contribution in [0.1, 0.15) is 12.5 Å². The van der Waals surface area contributed by atoms with Crippen molar-refractivity contribution in [3.05, 3.63) is 54.2 Å². The van der Waals surface area contributed by atoms with Gasteiger partial charge in [0.1, 0.15) is 0 Å². The van der Waals surface area contributed by atoms with Crippen LogP contribution >= 0.6 is 11.8 Å². The Bertz CT molecular complexity index is 876. The molecule has 3 aromatic rings. The number of benzene rings is 1. The molecular weight excluding hydrogens is 308 g/mol. The summed E-state index contributed by atoms with van der Waals surface area (Å²) in [6.45, 7) is 2.68. The molecule has 0 bridgehead atoms. The number of hydrogen-bond acceptors (Lipinski definition) is 4. The Kier molecular flexibility index (Phi) is 3.53. The van der Waals surface area contributed by atoms with E-state index in [4.69, 9.17) is 0 Å². The number of aromatic nitrogens is 3. The van der Waals surface area contributed by atoms with Crippen molar-refractivity contribution < 1.29 is 4.79 Å². The third-order valence-corrected chi connectivity index (χ3v) is 5.11. The predicted octanol–water partition coefficient (Wildman–Crippen LogP) is 2.80. The van der Waals surface area contributed by atoms with Gasteiger partial charge in [0.15, 0.2) is 10.8 Å². The highest BCUT2D eigenvalue weighted by atomic mass is 32.2. The third kappa shape index (κ3) is 2.49. The van der Waals surface area contributed by atoms with Gasteiger partial charge in [-0.3, -0.25) is 9.20 Å². The molecule has 0 spiro atoms. The van der Waals surface area contributed by atoms with E-state index >= 15 is 0 Å². The van der Waals surface area contributed by atoms with Crippen LogP contribution in [-0.2, 0) is 11.2 Å². The maximum Gasteiger partial charge on any atom is 0.240 e. The summed E-state index contributed by atoms with van der Waals surface area (Å²) in [6, 6.07) is 13.9. The van der Waals surface area contributed by atoms with Crippen LogP contribution in [0.15, 0.2) is 53.8 Å². The molecule has 23 heavy (non-hydrogen) atoms. The smallest absolute Gasteiger partial charge is 0.240 e. The zero-order valence-corrected chi connectivity index (χ0v) is 13.5. The minimum atomic E-state index is -0.214. The first-order valence-electron chi connectivity index (χ1n) is 7.60. The summed E-state index contributed by atoms with van der Waals surface area (Å²) in [4.78, 5) is 14.7. The van der Waals surface area contributed by atoms with Gasteiger partial charge in [-0.05, 0) is 37.1 Å². The number of thioether (sulfide) groups is 1.